The molecule has 1 aromatic heterocycles. The van der Waals surface area contributed by atoms with Gasteiger partial charge in [-0.2, -0.15) is 13.2 Å². The Morgan fingerprint density at radius 1 is 1.00 bits per heavy atom. The zero-order valence-corrected chi connectivity index (χ0v) is 19.2. The molecule has 3 aromatic rings. The number of hydrogen-bond donors (Lipinski definition) is 4. The number of carbonyl (C=O) groups is 2. The molecule has 0 aliphatic carbocycles. The maximum atomic E-state index is 12.3. The molecule has 0 radical (unpaired) electrons. The van der Waals surface area contributed by atoms with Crippen LogP contribution < -0.4 is 5.48 Å². The van der Waals surface area contributed by atoms with Crippen LogP contribution in [0.2, 0.25) is 10.0 Å². The highest BCUT2D eigenvalue weighted by molar-refractivity contribution is 6.31. The van der Waals surface area contributed by atoms with Crippen LogP contribution in [0.25, 0.3) is 0 Å². The van der Waals surface area contributed by atoms with Gasteiger partial charge in [0.25, 0.3) is 0 Å². The van der Waals surface area contributed by atoms with Gasteiger partial charge in [0.1, 0.15) is 5.69 Å². The largest absolute Gasteiger partial charge is 0.478 e. The lowest BCUT2D eigenvalue weighted by molar-refractivity contribution is -0.137. The summed E-state index contributed by atoms with van der Waals surface area (Å²) in [4.78, 5) is 27.0. The number of hydrogen-bond acceptors (Lipinski definition) is 6. The fraction of sp³-hybridized carbons (Fsp3) is 0.136. The van der Waals surface area contributed by atoms with Crippen molar-refractivity contribution in [1.29, 1.82) is 0 Å². The molecule has 3 rings (SSSR count). The molecule has 34 heavy (non-hydrogen) atoms. The predicted molar refractivity (Wildman–Crippen MR) is 121 cm³/mol. The molecule has 1 heterocycles. The normalized spacial score (nSPS) is 10.3. The van der Waals surface area contributed by atoms with E-state index in [2.05, 4.69) is 4.98 Å². The molecule has 0 spiro atoms. The number of aryl methyl sites for hydroxylation is 1. The van der Waals surface area contributed by atoms with E-state index in [0.717, 1.165) is 13.2 Å². The van der Waals surface area contributed by atoms with Crippen molar-refractivity contribution in [2.45, 2.75) is 13.1 Å². The van der Waals surface area contributed by atoms with E-state index in [0.29, 0.717) is 5.56 Å². The van der Waals surface area contributed by atoms with Gasteiger partial charge in [0.05, 0.1) is 26.9 Å². The number of rotatable bonds is 4. The van der Waals surface area contributed by atoms with Gasteiger partial charge in [-0.15, -0.1) is 0 Å². The van der Waals surface area contributed by atoms with Crippen molar-refractivity contribution < 1.29 is 38.2 Å². The Labute approximate surface area is 202 Å². The average molecular weight is 519 g/mol. The van der Waals surface area contributed by atoms with Crippen molar-refractivity contribution in [3.63, 3.8) is 0 Å². The number of aliphatic hydroxyl groups excluding tert-OH is 1. The maximum absolute atomic E-state index is 12.3. The minimum atomic E-state index is -4.36. The molecule has 12 heteroatoms. The number of carbonyl (C=O) groups excluding carboxylic acids is 1. The molecule has 0 saturated carbocycles. The minimum absolute atomic E-state index is 0.0108. The number of carboxylic acids is 1. The van der Waals surface area contributed by atoms with Crippen LogP contribution >= 0.6 is 23.2 Å². The highest BCUT2D eigenvalue weighted by atomic mass is 35.5. The molecule has 0 bridgehead atoms. The molecule has 0 amide bonds. The first-order valence-corrected chi connectivity index (χ1v) is 9.91. The molecular formula is C22H19Cl2F3N2O5. The summed E-state index contributed by atoms with van der Waals surface area (Å²) in [7, 11) is 1.00. The predicted octanol–water partition coefficient (Wildman–Crippen LogP) is 5.74. The zero-order chi connectivity index (χ0) is 26.1. The molecular weight excluding hydrogens is 500 g/mol. The van der Waals surface area contributed by atoms with E-state index >= 15 is 0 Å². The van der Waals surface area contributed by atoms with Crippen molar-refractivity contribution >= 4 is 40.6 Å². The second-order valence-corrected chi connectivity index (χ2v) is 7.20. The monoisotopic (exact) mass is 518 g/mol. The fourth-order valence-corrected chi connectivity index (χ4v) is 2.87. The van der Waals surface area contributed by atoms with Crippen LogP contribution in [0.3, 0.4) is 0 Å². The maximum Gasteiger partial charge on any atom is 0.417 e. The van der Waals surface area contributed by atoms with E-state index in [9.17, 15) is 22.8 Å². The molecule has 0 fully saturated rings. The number of benzene rings is 2. The van der Waals surface area contributed by atoms with Gasteiger partial charge in [-0.05, 0) is 37.3 Å². The zero-order valence-electron chi connectivity index (χ0n) is 17.7. The van der Waals surface area contributed by atoms with Crippen LogP contribution in [-0.4, -0.2) is 39.3 Å². The standard InChI is InChI=1S/C13H9ClN2O4.C8H6ClF3.CH4O/c14-9-5-10(16-20)11(15-6-9)12(17)7-2-1-3-8(4-7)13(18)19;1-5-2-3-7(9)6(4-5)8(10,11)12;1-2/h1-6,16,20H,(H,18,19);2-4H,1H3;2H,1H3. The Bertz CT molecular complexity index is 1160. The van der Waals surface area contributed by atoms with Crippen molar-refractivity contribution in [3.05, 3.63) is 92.7 Å². The van der Waals surface area contributed by atoms with Crippen LogP contribution in [0, 0.1) is 6.92 Å². The number of aromatic carboxylic acids is 1. The van der Waals surface area contributed by atoms with Crippen molar-refractivity contribution in [2.24, 2.45) is 0 Å². The third-order valence-corrected chi connectivity index (χ3v) is 4.53. The molecule has 0 aliphatic rings. The van der Waals surface area contributed by atoms with Crippen molar-refractivity contribution in [3.8, 4) is 0 Å². The second-order valence-electron chi connectivity index (χ2n) is 6.36. The Hall–Kier alpha value is -3.18. The quantitative estimate of drug-likeness (QED) is 0.256. The average Bonchev–Trinajstić information content (AvgIpc) is 2.81. The molecule has 7 nitrogen and oxygen atoms in total. The van der Waals surface area contributed by atoms with E-state index in [4.69, 9.17) is 38.6 Å². The Morgan fingerprint density at radius 3 is 2.15 bits per heavy atom. The van der Waals surface area contributed by atoms with E-state index < -0.39 is 23.5 Å². The van der Waals surface area contributed by atoms with Gasteiger partial charge in [0, 0.05) is 18.9 Å². The van der Waals surface area contributed by atoms with Gasteiger partial charge in [0.2, 0.25) is 5.78 Å². The number of carboxylic acid groups (broad SMARTS) is 1. The number of nitrogens with one attached hydrogen (secondary N) is 1. The van der Waals surface area contributed by atoms with E-state index in [1.807, 2.05) is 5.48 Å². The van der Waals surface area contributed by atoms with Gasteiger partial charge in [0.15, 0.2) is 0 Å². The summed E-state index contributed by atoms with van der Waals surface area (Å²) in [6.45, 7) is 1.59. The number of alkyl halides is 3. The molecule has 2 aromatic carbocycles. The summed E-state index contributed by atoms with van der Waals surface area (Å²) in [5.41, 5.74) is 1.74. The fourth-order valence-electron chi connectivity index (χ4n) is 2.49. The highest BCUT2D eigenvalue weighted by Crippen LogP contribution is 2.34. The number of ketones is 1. The van der Waals surface area contributed by atoms with Gasteiger partial charge in [-0.25, -0.2) is 9.78 Å². The first kappa shape index (κ1) is 28.9. The van der Waals surface area contributed by atoms with Gasteiger partial charge >= 0.3 is 12.1 Å². The van der Waals surface area contributed by atoms with Crippen molar-refractivity contribution in [2.75, 3.05) is 12.6 Å². The van der Waals surface area contributed by atoms with Gasteiger partial charge < -0.3 is 10.2 Å². The number of aromatic nitrogens is 1. The van der Waals surface area contributed by atoms with Crippen LogP contribution in [0.4, 0.5) is 18.9 Å². The van der Waals surface area contributed by atoms with E-state index in [-0.39, 0.29) is 32.6 Å². The summed E-state index contributed by atoms with van der Waals surface area (Å²) >= 11 is 11.1. The minimum Gasteiger partial charge on any atom is -0.478 e. The van der Waals surface area contributed by atoms with E-state index in [1.54, 1.807) is 6.92 Å². The Morgan fingerprint density at radius 2 is 1.62 bits per heavy atom. The first-order valence-electron chi connectivity index (χ1n) is 9.15. The third-order valence-electron chi connectivity index (χ3n) is 3.99. The summed E-state index contributed by atoms with van der Waals surface area (Å²) in [5.74, 6) is -1.66. The van der Waals surface area contributed by atoms with Crippen LogP contribution in [-0.2, 0) is 6.18 Å². The third kappa shape index (κ3) is 7.99. The lowest BCUT2D eigenvalue weighted by atomic mass is 10.0. The van der Waals surface area contributed by atoms with E-state index in [1.165, 1.54) is 48.7 Å². The summed E-state index contributed by atoms with van der Waals surface area (Å²) in [6, 6.07) is 10.7. The molecule has 182 valence electrons. The lowest BCUT2D eigenvalue weighted by Gasteiger charge is -2.08. The first-order chi connectivity index (χ1) is 15.9. The number of nitrogens with zero attached hydrogens (tertiary/aromatic N) is 1. The van der Waals surface area contributed by atoms with Crippen LogP contribution in [0.1, 0.15) is 37.5 Å². The number of anilines is 1. The topological polar surface area (TPSA) is 120 Å². The summed E-state index contributed by atoms with van der Waals surface area (Å²) in [5, 5.41) is 24.9. The Kier molecular flexibility index (Phi) is 10.9. The summed E-state index contributed by atoms with van der Waals surface area (Å²) in [6.07, 6.45) is -3.10. The highest BCUT2D eigenvalue weighted by Gasteiger charge is 2.32. The molecule has 4 N–H and O–H groups in total. The Balaban J connectivity index is 0.000000353. The van der Waals surface area contributed by atoms with Crippen LogP contribution in [0.15, 0.2) is 54.7 Å². The number of aliphatic hydroxyl groups is 1. The van der Waals surface area contributed by atoms with Crippen molar-refractivity contribution in [1.82, 2.24) is 4.98 Å². The number of pyridine rings is 1. The second kappa shape index (κ2) is 12.9. The van der Waals surface area contributed by atoms with Crippen LogP contribution in [0.5, 0.6) is 0 Å². The molecule has 0 atom stereocenters. The number of halogens is 5. The SMILES string of the molecule is CO.Cc1ccc(Cl)c(C(F)(F)F)c1.O=C(O)c1cccc(C(=O)c2ncc(Cl)cc2NO)c1. The summed E-state index contributed by atoms with van der Waals surface area (Å²) < 4.78 is 36.4. The van der Waals surface area contributed by atoms with Gasteiger partial charge in [-0.3, -0.25) is 15.5 Å². The lowest BCUT2D eigenvalue weighted by Crippen LogP contribution is -2.09. The van der Waals surface area contributed by atoms with Gasteiger partial charge in [-0.1, -0.05) is 47.0 Å². The molecule has 0 aliphatic heterocycles. The molecule has 0 unspecified atom stereocenters. The smallest absolute Gasteiger partial charge is 0.417 e. The molecule has 0 saturated heterocycles.